The minimum Gasteiger partial charge on any atom is -0.379 e. The molecule has 0 bridgehead atoms. The van der Waals surface area contributed by atoms with E-state index in [-0.39, 0.29) is 10.8 Å². The van der Waals surface area contributed by atoms with Crippen LogP contribution in [0.5, 0.6) is 0 Å². The molecule has 0 radical (unpaired) electrons. The van der Waals surface area contributed by atoms with Gasteiger partial charge in [-0.25, -0.2) is 13.8 Å². The van der Waals surface area contributed by atoms with Crippen molar-refractivity contribution >= 4 is 21.6 Å². The van der Waals surface area contributed by atoms with E-state index >= 15 is 0 Å². The average Bonchev–Trinajstić information content (AvgIpc) is 2.73. The second-order valence-corrected chi connectivity index (χ2v) is 9.49. The Morgan fingerprint density at radius 2 is 1.82 bits per heavy atom. The van der Waals surface area contributed by atoms with Crippen molar-refractivity contribution in [2.45, 2.75) is 50.3 Å². The van der Waals surface area contributed by atoms with Crippen LogP contribution >= 0.6 is 0 Å². The number of benzene rings is 1. The largest absolute Gasteiger partial charge is 0.379 e. The summed E-state index contributed by atoms with van der Waals surface area (Å²) in [6.07, 6.45) is 5.05. The summed E-state index contributed by atoms with van der Waals surface area (Å²) < 4.78 is 31.9. The van der Waals surface area contributed by atoms with Gasteiger partial charge in [0, 0.05) is 25.2 Å². The number of hydrazone groups is 1. The van der Waals surface area contributed by atoms with Gasteiger partial charge in [-0.2, -0.15) is 9.41 Å². The lowest BCUT2D eigenvalue weighted by atomic mass is 9.90. The van der Waals surface area contributed by atoms with Gasteiger partial charge < -0.3 is 4.74 Å². The predicted octanol–water partition coefficient (Wildman–Crippen LogP) is 2.32. The smallest absolute Gasteiger partial charge is 0.243 e. The van der Waals surface area contributed by atoms with Crippen molar-refractivity contribution in [3.05, 3.63) is 29.8 Å². The number of nitrogens with zero attached hydrogens (tertiary/aromatic N) is 2. The molecule has 8 heteroatoms. The van der Waals surface area contributed by atoms with E-state index < -0.39 is 10.0 Å². The van der Waals surface area contributed by atoms with Crippen molar-refractivity contribution in [2.24, 2.45) is 11.0 Å². The topological polar surface area (TPSA) is 88.1 Å². The first-order chi connectivity index (χ1) is 13.4. The SMILES string of the molecule is CC1CCC(=NNC(=O)CCc2ccc(S(=O)(=O)N3CCOCC3)cc2)CC1. The predicted molar refractivity (Wildman–Crippen MR) is 108 cm³/mol. The van der Waals surface area contributed by atoms with Gasteiger partial charge in [0.05, 0.1) is 18.1 Å². The third-order valence-corrected chi connectivity index (χ3v) is 7.27. The van der Waals surface area contributed by atoms with Crippen molar-refractivity contribution in [3.63, 3.8) is 0 Å². The van der Waals surface area contributed by atoms with Gasteiger partial charge >= 0.3 is 0 Å². The summed E-state index contributed by atoms with van der Waals surface area (Å²) in [5.41, 5.74) is 4.65. The molecule has 1 aliphatic carbocycles. The maximum absolute atomic E-state index is 12.6. The maximum Gasteiger partial charge on any atom is 0.243 e. The molecule has 1 saturated heterocycles. The molecule has 0 unspecified atom stereocenters. The van der Waals surface area contributed by atoms with Gasteiger partial charge in [-0.15, -0.1) is 0 Å². The summed E-state index contributed by atoms with van der Waals surface area (Å²) in [5.74, 6) is 0.626. The molecule has 2 aliphatic rings. The van der Waals surface area contributed by atoms with Crippen molar-refractivity contribution in [3.8, 4) is 0 Å². The number of morpholine rings is 1. The Bertz CT molecular complexity index is 789. The number of nitrogens with one attached hydrogen (secondary N) is 1. The number of hydrogen-bond acceptors (Lipinski definition) is 5. The highest BCUT2D eigenvalue weighted by Crippen LogP contribution is 2.21. The van der Waals surface area contributed by atoms with Crippen LogP contribution in [0.25, 0.3) is 0 Å². The van der Waals surface area contributed by atoms with Crippen LogP contribution in [0.15, 0.2) is 34.3 Å². The molecule has 0 aromatic heterocycles. The highest BCUT2D eigenvalue weighted by molar-refractivity contribution is 7.89. The fraction of sp³-hybridized carbons (Fsp3) is 0.600. The van der Waals surface area contributed by atoms with Crippen LogP contribution < -0.4 is 5.43 Å². The number of rotatable bonds is 6. The normalized spacial score (nSPS) is 21.3. The van der Waals surface area contributed by atoms with Gasteiger partial charge in [0.25, 0.3) is 0 Å². The lowest BCUT2D eigenvalue weighted by Crippen LogP contribution is -2.40. The monoisotopic (exact) mass is 407 g/mol. The van der Waals surface area contributed by atoms with Crippen molar-refractivity contribution in [2.75, 3.05) is 26.3 Å². The first-order valence-corrected chi connectivity index (χ1v) is 11.4. The van der Waals surface area contributed by atoms with E-state index in [1.165, 1.54) is 4.31 Å². The summed E-state index contributed by atoms with van der Waals surface area (Å²) in [7, 11) is -3.48. The maximum atomic E-state index is 12.6. The van der Waals surface area contributed by atoms with Crippen LogP contribution in [0, 0.1) is 5.92 Å². The van der Waals surface area contributed by atoms with Crippen LogP contribution in [0.1, 0.15) is 44.6 Å². The van der Waals surface area contributed by atoms with Gasteiger partial charge in [-0.05, 0) is 55.7 Å². The highest BCUT2D eigenvalue weighted by atomic mass is 32.2. The Kier molecular flexibility index (Phi) is 7.20. The molecular formula is C20H29N3O4S. The highest BCUT2D eigenvalue weighted by Gasteiger charge is 2.26. The number of hydrogen-bond donors (Lipinski definition) is 1. The molecular weight excluding hydrogens is 378 g/mol. The zero-order valence-corrected chi connectivity index (χ0v) is 17.2. The standard InChI is InChI=1S/C20H29N3O4S/c1-16-2-7-18(8-3-16)21-22-20(24)11-6-17-4-9-19(10-5-17)28(25,26)23-12-14-27-15-13-23/h4-5,9-10,16H,2-3,6-8,11-15H2,1H3,(H,22,24). The number of aryl methyl sites for hydroxylation is 1. The fourth-order valence-electron chi connectivity index (χ4n) is 3.43. The first-order valence-electron chi connectivity index (χ1n) is 9.96. The minimum absolute atomic E-state index is 0.115. The Balaban J connectivity index is 1.49. The summed E-state index contributed by atoms with van der Waals surface area (Å²) in [5, 5.41) is 4.25. The molecule has 28 heavy (non-hydrogen) atoms. The van der Waals surface area contributed by atoms with Crippen LogP contribution in [0.2, 0.25) is 0 Å². The molecule has 1 heterocycles. The van der Waals surface area contributed by atoms with Crippen molar-refractivity contribution in [1.29, 1.82) is 0 Å². The molecule has 0 spiro atoms. The molecule has 7 nitrogen and oxygen atoms in total. The molecule has 1 N–H and O–H groups in total. The number of carbonyl (C=O) groups excluding carboxylic acids is 1. The van der Waals surface area contributed by atoms with E-state index in [9.17, 15) is 13.2 Å². The molecule has 154 valence electrons. The number of carbonyl (C=O) groups is 1. The van der Waals surface area contributed by atoms with Crippen molar-refractivity contribution in [1.82, 2.24) is 9.73 Å². The molecule has 1 aromatic rings. The lowest BCUT2D eigenvalue weighted by molar-refractivity contribution is -0.121. The van der Waals surface area contributed by atoms with Gasteiger partial charge in [0.1, 0.15) is 0 Å². The Labute approximate surface area is 167 Å². The molecule has 3 rings (SSSR count). The number of ether oxygens (including phenoxy) is 1. The van der Waals surface area contributed by atoms with Gasteiger partial charge in [0.2, 0.25) is 15.9 Å². The lowest BCUT2D eigenvalue weighted by Gasteiger charge is -2.26. The third-order valence-electron chi connectivity index (χ3n) is 5.36. The first kappa shape index (κ1) is 21.0. The Hall–Kier alpha value is -1.77. The molecule has 0 atom stereocenters. The number of sulfonamides is 1. The van der Waals surface area contributed by atoms with Gasteiger partial charge in [-0.3, -0.25) is 4.79 Å². The van der Waals surface area contributed by atoms with Gasteiger partial charge in [0.15, 0.2) is 0 Å². The van der Waals surface area contributed by atoms with Crippen LogP contribution in [-0.4, -0.2) is 50.6 Å². The molecule has 1 aliphatic heterocycles. The zero-order valence-electron chi connectivity index (χ0n) is 16.4. The minimum atomic E-state index is -3.48. The quantitative estimate of drug-likeness (QED) is 0.733. The second-order valence-electron chi connectivity index (χ2n) is 7.56. The molecule has 1 saturated carbocycles. The molecule has 1 amide bonds. The Morgan fingerprint density at radius 1 is 1.18 bits per heavy atom. The van der Waals surface area contributed by atoms with E-state index in [2.05, 4.69) is 17.5 Å². The van der Waals surface area contributed by atoms with E-state index in [1.54, 1.807) is 24.3 Å². The van der Waals surface area contributed by atoms with E-state index in [0.29, 0.717) is 39.1 Å². The Morgan fingerprint density at radius 3 is 2.46 bits per heavy atom. The van der Waals surface area contributed by atoms with Crippen LogP contribution in [0.4, 0.5) is 0 Å². The third kappa shape index (κ3) is 5.62. The van der Waals surface area contributed by atoms with Gasteiger partial charge in [-0.1, -0.05) is 19.1 Å². The van der Waals surface area contributed by atoms with E-state index in [4.69, 9.17) is 4.74 Å². The van der Waals surface area contributed by atoms with Crippen molar-refractivity contribution < 1.29 is 17.9 Å². The van der Waals surface area contributed by atoms with Crippen LogP contribution in [-0.2, 0) is 26.0 Å². The summed E-state index contributed by atoms with van der Waals surface area (Å²) >= 11 is 0. The summed E-state index contributed by atoms with van der Waals surface area (Å²) in [6.45, 7) is 3.86. The van der Waals surface area contributed by atoms with E-state index in [1.807, 2.05) is 0 Å². The molecule has 2 fully saturated rings. The number of amides is 1. The molecule has 1 aromatic carbocycles. The second kappa shape index (κ2) is 9.62. The zero-order chi connectivity index (χ0) is 20.0. The van der Waals surface area contributed by atoms with Crippen LogP contribution in [0.3, 0.4) is 0 Å². The summed E-state index contributed by atoms with van der Waals surface area (Å²) in [6, 6.07) is 6.77. The van der Waals surface area contributed by atoms with E-state index in [0.717, 1.165) is 42.9 Å². The fourth-order valence-corrected chi connectivity index (χ4v) is 4.83. The summed E-state index contributed by atoms with van der Waals surface area (Å²) in [4.78, 5) is 12.3. The average molecular weight is 408 g/mol.